The number of aryl methyl sites for hydroxylation is 2. The third-order valence-electron chi connectivity index (χ3n) is 4.22. The third kappa shape index (κ3) is 4.02. The minimum atomic E-state index is -1.30. The van der Waals surface area contributed by atoms with Gasteiger partial charge in [0.15, 0.2) is 6.04 Å². The van der Waals surface area contributed by atoms with Crippen molar-refractivity contribution in [3.63, 3.8) is 0 Å². The van der Waals surface area contributed by atoms with Crippen LogP contribution < -0.4 is 5.32 Å². The lowest BCUT2D eigenvalue weighted by Gasteiger charge is -2.19. The summed E-state index contributed by atoms with van der Waals surface area (Å²) in [7, 11) is 0. The predicted molar refractivity (Wildman–Crippen MR) is 89.2 cm³/mol. The number of rotatable bonds is 5. The number of amides is 1. The quantitative estimate of drug-likeness (QED) is 0.868. The second-order valence-corrected chi connectivity index (χ2v) is 5.98. The molecule has 0 spiro atoms. The molecule has 0 bridgehead atoms. The maximum absolute atomic E-state index is 13.8. The molecule has 6 heteroatoms. The molecular formula is C19H19F2NO3. The minimum Gasteiger partial charge on any atom is -0.479 e. The van der Waals surface area contributed by atoms with E-state index in [1.807, 2.05) is 13.8 Å². The fourth-order valence-electron chi connectivity index (χ4n) is 2.55. The van der Waals surface area contributed by atoms with E-state index >= 15 is 0 Å². The molecule has 2 N–H and O–H groups in total. The Bertz CT molecular complexity index is 800. The first-order valence-corrected chi connectivity index (χ1v) is 7.76. The molecule has 2 atom stereocenters. The standard InChI is InChI=1S/C19H19F2NO3/c1-10-7-8-13(9-11(10)2)17(19(24)25)22-18(23)12(3)16-14(20)5-4-6-15(16)21/h4-9,12,17H,1-3H3,(H,22,23)(H,24,25). The van der Waals surface area contributed by atoms with Crippen LogP contribution in [0.3, 0.4) is 0 Å². The Labute approximate surface area is 144 Å². The maximum atomic E-state index is 13.8. The molecule has 0 fully saturated rings. The van der Waals surface area contributed by atoms with Crippen LogP contribution in [0.2, 0.25) is 0 Å². The highest BCUT2D eigenvalue weighted by Crippen LogP contribution is 2.24. The molecular weight excluding hydrogens is 328 g/mol. The van der Waals surface area contributed by atoms with E-state index in [9.17, 15) is 23.5 Å². The Morgan fingerprint density at radius 2 is 1.64 bits per heavy atom. The summed E-state index contributed by atoms with van der Waals surface area (Å²) in [6, 6.07) is 7.05. The lowest BCUT2D eigenvalue weighted by Crippen LogP contribution is -2.36. The van der Waals surface area contributed by atoms with Gasteiger partial charge in [0.2, 0.25) is 5.91 Å². The van der Waals surface area contributed by atoms with Gasteiger partial charge in [-0.25, -0.2) is 13.6 Å². The van der Waals surface area contributed by atoms with Gasteiger partial charge in [-0.2, -0.15) is 0 Å². The van der Waals surface area contributed by atoms with E-state index in [1.54, 1.807) is 18.2 Å². The zero-order chi connectivity index (χ0) is 18.7. The molecule has 0 aliphatic heterocycles. The molecule has 0 aliphatic rings. The first-order valence-electron chi connectivity index (χ1n) is 7.76. The Balaban J connectivity index is 2.29. The van der Waals surface area contributed by atoms with E-state index in [4.69, 9.17) is 0 Å². The van der Waals surface area contributed by atoms with E-state index in [0.717, 1.165) is 23.3 Å². The van der Waals surface area contributed by atoms with Gasteiger partial charge < -0.3 is 10.4 Å². The van der Waals surface area contributed by atoms with Crippen molar-refractivity contribution in [1.29, 1.82) is 0 Å². The minimum absolute atomic E-state index is 0.385. The normalized spacial score (nSPS) is 13.2. The molecule has 4 nitrogen and oxygen atoms in total. The first kappa shape index (κ1) is 18.6. The van der Waals surface area contributed by atoms with E-state index < -0.39 is 35.5 Å². The molecule has 25 heavy (non-hydrogen) atoms. The van der Waals surface area contributed by atoms with Crippen LogP contribution in [0.1, 0.15) is 41.1 Å². The summed E-state index contributed by atoms with van der Waals surface area (Å²) in [5.41, 5.74) is 1.88. The number of carboxylic acids is 1. The van der Waals surface area contributed by atoms with Gasteiger partial charge in [0.05, 0.1) is 5.92 Å². The Morgan fingerprint density at radius 1 is 1.04 bits per heavy atom. The molecule has 2 aromatic carbocycles. The Morgan fingerprint density at radius 3 is 2.16 bits per heavy atom. The second-order valence-electron chi connectivity index (χ2n) is 5.98. The van der Waals surface area contributed by atoms with E-state index in [-0.39, 0.29) is 5.56 Å². The first-order chi connectivity index (χ1) is 11.7. The van der Waals surface area contributed by atoms with Gasteiger partial charge in [-0.15, -0.1) is 0 Å². The molecule has 0 heterocycles. The monoisotopic (exact) mass is 347 g/mol. The number of aliphatic carboxylic acids is 1. The highest BCUT2D eigenvalue weighted by atomic mass is 19.1. The SMILES string of the molecule is Cc1ccc(C(NC(=O)C(C)c2c(F)cccc2F)C(=O)O)cc1C. The fraction of sp³-hybridized carbons (Fsp3) is 0.263. The summed E-state index contributed by atoms with van der Waals surface area (Å²) in [6.07, 6.45) is 0. The third-order valence-corrected chi connectivity index (χ3v) is 4.22. The van der Waals surface area contributed by atoms with Gasteiger partial charge in [0.25, 0.3) is 0 Å². The summed E-state index contributed by atoms with van der Waals surface area (Å²) in [6.45, 7) is 5.05. The molecule has 1 amide bonds. The number of carbonyl (C=O) groups is 2. The van der Waals surface area contributed by atoms with Gasteiger partial charge in [0.1, 0.15) is 11.6 Å². The molecule has 0 saturated carbocycles. The number of hydrogen-bond acceptors (Lipinski definition) is 2. The summed E-state index contributed by atoms with van der Waals surface area (Å²) in [5.74, 6) is -4.89. The molecule has 0 aromatic heterocycles. The lowest BCUT2D eigenvalue weighted by atomic mass is 9.97. The van der Waals surface area contributed by atoms with Gasteiger partial charge in [-0.1, -0.05) is 24.3 Å². The van der Waals surface area contributed by atoms with Crippen molar-refractivity contribution in [2.45, 2.75) is 32.7 Å². The maximum Gasteiger partial charge on any atom is 0.330 e. The number of nitrogens with one attached hydrogen (secondary N) is 1. The van der Waals surface area contributed by atoms with Crippen LogP contribution in [-0.2, 0) is 9.59 Å². The van der Waals surface area contributed by atoms with Crippen LogP contribution in [0.25, 0.3) is 0 Å². The molecule has 2 aromatic rings. The van der Waals surface area contributed by atoms with Crippen molar-refractivity contribution in [2.24, 2.45) is 0 Å². The van der Waals surface area contributed by atoms with Gasteiger partial charge >= 0.3 is 5.97 Å². The average Bonchev–Trinajstić information content (AvgIpc) is 2.54. The van der Waals surface area contributed by atoms with Crippen LogP contribution in [-0.4, -0.2) is 17.0 Å². The summed E-state index contributed by atoms with van der Waals surface area (Å²) in [5, 5.41) is 11.8. The zero-order valence-electron chi connectivity index (χ0n) is 14.1. The lowest BCUT2D eigenvalue weighted by molar-refractivity contribution is -0.142. The zero-order valence-corrected chi connectivity index (χ0v) is 14.1. The van der Waals surface area contributed by atoms with E-state index in [0.29, 0.717) is 5.56 Å². The number of hydrogen-bond donors (Lipinski definition) is 2. The van der Waals surface area contributed by atoms with Crippen molar-refractivity contribution >= 4 is 11.9 Å². The molecule has 2 rings (SSSR count). The average molecular weight is 347 g/mol. The van der Waals surface area contributed by atoms with Gasteiger partial charge in [-0.05, 0) is 49.6 Å². The summed E-state index contributed by atoms with van der Waals surface area (Å²) in [4.78, 5) is 23.9. The van der Waals surface area contributed by atoms with Crippen molar-refractivity contribution in [2.75, 3.05) is 0 Å². The van der Waals surface area contributed by atoms with Crippen LogP contribution >= 0.6 is 0 Å². The summed E-state index contributed by atoms with van der Waals surface area (Å²) < 4.78 is 27.7. The largest absolute Gasteiger partial charge is 0.479 e. The van der Waals surface area contributed by atoms with Crippen molar-refractivity contribution < 1.29 is 23.5 Å². The molecule has 0 radical (unpaired) electrons. The van der Waals surface area contributed by atoms with Gasteiger partial charge in [0, 0.05) is 5.56 Å². The van der Waals surface area contributed by atoms with E-state index in [2.05, 4.69) is 5.32 Å². The number of carboxylic acid groups (broad SMARTS) is 1. The predicted octanol–water partition coefficient (Wildman–Crippen LogP) is 3.63. The second kappa shape index (κ2) is 7.42. The van der Waals surface area contributed by atoms with Crippen LogP contribution in [0.15, 0.2) is 36.4 Å². The molecule has 0 saturated heterocycles. The van der Waals surface area contributed by atoms with Gasteiger partial charge in [-0.3, -0.25) is 4.79 Å². The number of benzene rings is 2. The highest BCUT2D eigenvalue weighted by molar-refractivity contribution is 5.88. The van der Waals surface area contributed by atoms with Crippen molar-refractivity contribution in [3.05, 3.63) is 70.3 Å². The van der Waals surface area contributed by atoms with Crippen LogP contribution in [0.5, 0.6) is 0 Å². The van der Waals surface area contributed by atoms with Crippen LogP contribution in [0.4, 0.5) is 8.78 Å². The van der Waals surface area contributed by atoms with Crippen molar-refractivity contribution in [1.82, 2.24) is 5.32 Å². The molecule has 0 aliphatic carbocycles. The molecule has 2 unspecified atom stereocenters. The van der Waals surface area contributed by atoms with Crippen molar-refractivity contribution in [3.8, 4) is 0 Å². The van der Waals surface area contributed by atoms with E-state index in [1.165, 1.54) is 13.0 Å². The number of carbonyl (C=O) groups excluding carboxylic acids is 1. The van der Waals surface area contributed by atoms with Crippen LogP contribution in [0, 0.1) is 25.5 Å². The number of halogens is 2. The topological polar surface area (TPSA) is 66.4 Å². The fourth-order valence-corrected chi connectivity index (χ4v) is 2.55. The molecule has 132 valence electrons. The highest BCUT2D eigenvalue weighted by Gasteiger charge is 2.28. The Kier molecular flexibility index (Phi) is 5.51. The summed E-state index contributed by atoms with van der Waals surface area (Å²) >= 11 is 0. The Hall–Kier alpha value is -2.76. The smallest absolute Gasteiger partial charge is 0.330 e.